The third-order valence-corrected chi connectivity index (χ3v) is 4.48. The molecule has 0 unspecified atom stereocenters. The quantitative estimate of drug-likeness (QED) is 0.760. The number of ether oxygens (including phenoxy) is 2. The molecule has 2 aliphatic rings. The van der Waals surface area contributed by atoms with E-state index < -0.39 is 0 Å². The Kier molecular flexibility index (Phi) is 3.63. The SMILES string of the molecule is O=C(Nc1ccc2c(c1)OCO2)N1CC(c2nc(-c3ccccn3)no2)C1. The third kappa shape index (κ3) is 2.92. The normalized spacial score (nSPS) is 15.5. The van der Waals surface area contributed by atoms with Gasteiger partial charge in [-0.3, -0.25) is 4.98 Å². The maximum atomic E-state index is 12.4. The Labute approximate surface area is 153 Å². The number of benzene rings is 1. The first-order valence-corrected chi connectivity index (χ1v) is 8.47. The van der Waals surface area contributed by atoms with Crippen LogP contribution in [0.25, 0.3) is 11.5 Å². The molecule has 9 nitrogen and oxygen atoms in total. The fourth-order valence-corrected chi connectivity index (χ4v) is 2.98. The van der Waals surface area contributed by atoms with Gasteiger partial charge in [-0.1, -0.05) is 11.2 Å². The second kappa shape index (κ2) is 6.27. The van der Waals surface area contributed by atoms with E-state index in [1.807, 2.05) is 18.2 Å². The van der Waals surface area contributed by atoms with Crippen LogP contribution in [0, 0.1) is 0 Å². The van der Waals surface area contributed by atoms with Gasteiger partial charge in [0, 0.05) is 31.0 Å². The van der Waals surface area contributed by atoms with Crippen molar-refractivity contribution >= 4 is 11.7 Å². The largest absolute Gasteiger partial charge is 0.454 e. The standard InChI is InChI=1S/C18H15N5O4/c24-18(20-12-4-5-14-15(7-12)26-10-25-14)23-8-11(9-23)17-21-16(22-27-17)13-3-1-2-6-19-13/h1-7,11H,8-10H2,(H,20,24). The van der Waals surface area contributed by atoms with Crippen molar-refractivity contribution in [3.63, 3.8) is 0 Å². The van der Waals surface area contributed by atoms with E-state index in [9.17, 15) is 4.79 Å². The molecule has 9 heteroatoms. The van der Waals surface area contributed by atoms with Crippen molar-refractivity contribution in [3.8, 4) is 23.0 Å². The Morgan fingerprint density at radius 1 is 1.15 bits per heavy atom. The third-order valence-electron chi connectivity index (χ3n) is 4.48. The van der Waals surface area contributed by atoms with Gasteiger partial charge in [-0.15, -0.1) is 0 Å². The average Bonchev–Trinajstić information content (AvgIpc) is 3.30. The van der Waals surface area contributed by atoms with Crippen molar-refractivity contribution in [2.24, 2.45) is 0 Å². The Morgan fingerprint density at radius 3 is 2.89 bits per heavy atom. The molecule has 0 bridgehead atoms. The molecule has 1 saturated heterocycles. The summed E-state index contributed by atoms with van der Waals surface area (Å²) in [5.41, 5.74) is 1.31. The van der Waals surface area contributed by atoms with Crippen molar-refractivity contribution in [2.45, 2.75) is 5.92 Å². The van der Waals surface area contributed by atoms with Crippen molar-refractivity contribution in [1.82, 2.24) is 20.0 Å². The lowest BCUT2D eigenvalue weighted by atomic mass is 10.0. The number of fused-ring (bicyclic) bond motifs is 1. The average molecular weight is 365 g/mol. The second-order valence-corrected chi connectivity index (χ2v) is 6.27. The van der Waals surface area contributed by atoms with Gasteiger partial charge in [-0.05, 0) is 24.3 Å². The molecular formula is C18H15N5O4. The van der Waals surface area contributed by atoms with E-state index >= 15 is 0 Å². The Hall–Kier alpha value is -3.62. The molecule has 136 valence electrons. The molecule has 2 aliphatic heterocycles. The maximum Gasteiger partial charge on any atom is 0.321 e. The Balaban J connectivity index is 1.19. The van der Waals surface area contributed by atoms with Gasteiger partial charge in [0.15, 0.2) is 11.5 Å². The number of aromatic nitrogens is 3. The zero-order valence-corrected chi connectivity index (χ0v) is 14.2. The highest BCUT2D eigenvalue weighted by atomic mass is 16.7. The predicted molar refractivity (Wildman–Crippen MR) is 93.4 cm³/mol. The number of likely N-dealkylation sites (tertiary alicyclic amines) is 1. The van der Waals surface area contributed by atoms with Crippen LogP contribution < -0.4 is 14.8 Å². The van der Waals surface area contributed by atoms with Crippen molar-refractivity contribution < 1.29 is 18.8 Å². The summed E-state index contributed by atoms with van der Waals surface area (Å²) in [6.45, 7) is 1.23. The van der Waals surface area contributed by atoms with Crippen molar-refractivity contribution in [2.75, 3.05) is 25.2 Å². The summed E-state index contributed by atoms with van der Waals surface area (Å²) >= 11 is 0. The number of hydrogen-bond donors (Lipinski definition) is 1. The van der Waals surface area contributed by atoms with Gasteiger partial charge < -0.3 is 24.2 Å². The highest BCUT2D eigenvalue weighted by molar-refractivity contribution is 5.90. The summed E-state index contributed by atoms with van der Waals surface area (Å²) in [5.74, 6) is 2.30. The van der Waals surface area contributed by atoms with E-state index in [-0.39, 0.29) is 18.7 Å². The number of urea groups is 1. The number of amides is 2. The van der Waals surface area contributed by atoms with Gasteiger partial charge in [0.25, 0.3) is 0 Å². The highest BCUT2D eigenvalue weighted by Gasteiger charge is 2.36. The number of pyridine rings is 1. The van der Waals surface area contributed by atoms with E-state index in [0.29, 0.717) is 47.7 Å². The highest BCUT2D eigenvalue weighted by Crippen LogP contribution is 2.34. The van der Waals surface area contributed by atoms with Crippen LogP contribution in [-0.4, -0.2) is 45.9 Å². The minimum Gasteiger partial charge on any atom is -0.454 e. The summed E-state index contributed by atoms with van der Waals surface area (Å²) in [7, 11) is 0. The minimum atomic E-state index is -0.186. The molecule has 2 aromatic heterocycles. The summed E-state index contributed by atoms with van der Waals surface area (Å²) in [5, 5.41) is 6.82. The van der Waals surface area contributed by atoms with Crippen molar-refractivity contribution in [3.05, 3.63) is 48.5 Å². The molecule has 5 rings (SSSR count). The molecule has 27 heavy (non-hydrogen) atoms. The van der Waals surface area contributed by atoms with E-state index in [1.165, 1.54) is 0 Å². The molecule has 0 radical (unpaired) electrons. The zero-order chi connectivity index (χ0) is 18.2. The lowest BCUT2D eigenvalue weighted by Crippen LogP contribution is -2.50. The van der Waals surface area contributed by atoms with Crippen LogP contribution in [0.15, 0.2) is 47.1 Å². The van der Waals surface area contributed by atoms with E-state index in [1.54, 1.807) is 29.3 Å². The van der Waals surface area contributed by atoms with E-state index in [4.69, 9.17) is 14.0 Å². The minimum absolute atomic E-state index is 0.0254. The van der Waals surface area contributed by atoms with E-state index in [0.717, 1.165) is 0 Å². The van der Waals surface area contributed by atoms with Crippen LogP contribution in [-0.2, 0) is 0 Å². The monoisotopic (exact) mass is 365 g/mol. The van der Waals surface area contributed by atoms with Crippen molar-refractivity contribution in [1.29, 1.82) is 0 Å². The van der Waals surface area contributed by atoms with Crippen LogP contribution in [0.1, 0.15) is 11.8 Å². The van der Waals surface area contributed by atoms with Crippen LogP contribution >= 0.6 is 0 Å². The number of carbonyl (C=O) groups excluding carboxylic acids is 1. The Bertz CT molecular complexity index is 984. The molecule has 1 N–H and O–H groups in total. The van der Waals surface area contributed by atoms with Crippen LogP contribution in [0.5, 0.6) is 11.5 Å². The van der Waals surface area contributed by atoms with Gasteiger partial charge in [-0.2, -0.15) is 4.98 Å². The van der Waals surface area contributed by atoms with Crippen LogP contribution in [0.3, 0.4) is 0 Å². The second-order valence-electron chi connectivity index (χ2n) is 6.27. The van der Waals surface area contributed by atoms with Crippen LogP contribution in [0.2, 0.25) is 0 Å². The topological polar surface area (TPSA) is 103 Å². The molecule has 2 amide bonds. The molecule has 0 atom stereocenters. The fourth-order valence-electron chi connectivity index (χ4n) is 2.98. The molecule has 0 spiro atoms. The lowest BCUT2D eigenvalue weighted by Gasteiger charge is -2.36. The molecule has 4 heterocycles. The van der Waals surface area contributed by atoms with Crippen LogP contribution in [0.4, 0.5) is 10.5 Å². The lowest BCUT2D eigenvalue weighted by molar-refractivity contribution is 0.147. The summed E-state index contributed by atoms with van der Waals surface area (Å²) in [6.07, 6.45) is 1.68. The first-order valence-electron chi connectivity index (χ1n) is 8.47. The van der Waals surface area contributed by atoms with E-state index in [2.05, 4.69) is 20.4 Å². The number of anilines is 1. The number of rotatable bonds is 3. The van der Waals surface area contributed by atoms with Gasteiger partial charge in [0.1, 0.15) is 5.69 Å². The summed E-state index contributed by atoms with van der Waals surface area (Å²) < 4.78 is 15.9. The zero-order valence-electron chi connectivity index (χ0n) is 14.2. The van der Waals surface area contributed by atoms with Gasteiger partial charge in [-0.25, -0.2) is 4.79 Å². The predicted octanol–water partition coefficient (Wildman–Crippen LogP) is 2.49. The first kappa shape index (κ1) is 15.6. The molecule has 1 aromatic carbocycles. The maximum absolute atomic E-state index is 12.4. The van der Waals surface area contributed by atoms with Gasteiger partial charge in [0.05, 0.1) is 5.92 Å². The molecule has 0 aliphatic carbocycles. The number of hydrogen-bond acceptors (Lipinski definition) is 7. The number of carbonyl (C=O) groups is 1. The fraction of sp³-hybridized carbons (Fsp3) is 0.222. The molecule has 1 fully saturated rings. The molecular weight excluding hydrogens is 350 g/mol. The summed E-state index contributed by atoms with van der Waals surface area (Å²) in [6, 6.07) is 10.6. The number of nitrogens with one attached hydrogen (secondary N) is 1. The van der Waals surface area contributed by atoms with Gasteiger partial charge in [0.2, 0.25) is 18.5 Å². The Morgan fingerprint density at radius 2 is 2.04 bits per heavy atom. The first-order chi connectivity index (χ1) is 13.3. The summed E-state index contributed by atoms with van der Waals surface area (Å²) in [4.78, 5) is 22.6. The van der Waals surface area contributed by atoms with Gasteiger partial charge >= 0.3 is 6.03 Å². The molecule has 0 saturated carbocycles. The smallest absolute Gasteiger partial charge is 0.321 e. The number of nitrogens with zero attached hydrogens (tertiary/aromatic N) is 4. The molecule has 3 aromatic rings.